The van der Waals surface area contributed by atoms with Gasteiger partial charge in [0, 0.05) is 11.6 Å². The second-order valence-corrected chi connectivity index (χ2v) is 5.69. The Morgan fingerprint density at radius 2 is 2.00 bits per heavy atom. The number of hydrogen-bond donors (Lipinski definition) is 0. The molecule has 2 heteroatoms. The molecule has 0 saturated heterocycles. The van der Waals surface area contributed by atoms with E-state index in [0.29, 0.717) is 0 Å². The van der Waals surface area contributed by atoms with E-state index in [-0.39, 0.29) is 0 Å². The zero-order valence-corrected chi connectivity index (χ0v) is 12.3. The molecular formula is C19H18N2. The summed E-state index contributed by atoms with van der Waals surface area (Å²) in [6.45, 7) is 2.21. The minimum Gasteiger partial charge on any atom is -0.255 e. The fourth-order valence-corrected chi connectivity index (χ4v) is 3.37. The van der Waals surface area contributed by atoms with Crippen molar-refractivity contribution in [3.63, 3.8) is 0 Å². The first-order valence-electron chi connectivity index (χ1n) is 7.72. The molecule has 0 amide bonds. The summed E-state index contributed by atoms with van der Waals surface area (Å²) < 4.78 is 0. The van der Waals surface area contributed by atoms with Crippen LogP contribution in [0.4, 0.5) is 0 Å². The summed E-state index contributed by atoms with van der Waals surface area (Å²) in [6, 6.07) is 12.8. The van der Waals surface area contributed by atoms with E-state index in [2.05, 4.69) is 30.1 Å². The van der Waals surface area contributed by atoms with Gasteiger partial charge in [-0.25, -0.2) is 4.98 Å². The molecule has 1 aliphatic rings. The monoisotopic (exact) mass is 274 g/mol. The highest BCUT2D eigenvalue weighted by atomic mass is 14.8. The molecule has 3 aromatic rings. The van der Waals surface area contributed by atoms with Gasteiger partial charge in [0.2, 0.25) is 0 Å². The summed E-state index contributed by atoms with van der Waals surface area (Å²) in [5, 5.41) is 1.32. The molecule has 0 unspecified atom stereocenters. The van der Waals surface area contributed by atoms with Crippen LogP contribution in [0.5, 0.6) is 0 Å². The number of pyridine rings is 2. The van der Waals surface area contributed by atoms with E-state index >= 15 is 0 Å². The van der Waals surface area contributed by atoms with E-state index in [9.17, 15) is 0 Å². The number of benzene rings is 1. The van der Waals surface area contributed by atoms with Crippen LogP contribution in [0.3, 0.4) is 0 Å². The fraction of sp³-hybridized carbons (Fsp3) is 0.263. The Morgan fingerprint density at radius 1 is 1.05 bits per heavy atom. The summed E-state index contributed by atoms with van der Waals surface area (Å²) >= 11 is 0. The van der Waals surface area contributed by atoms with Gasteiger partial charge in [-0.05, 0) is 60.6 Å². The molecule has 2 nitrogen and oxygen atoms in total. The van der Waals surface area contributed by atoms with Crippen molar-refractivity contribution in [3.05, 3.63) is 59.3 Å². The third kappa shape index (κ3) is 2.02. The van der Waals surface area contributed by atoms with E-state index in [1.807, 2.05) is 24.4 Å². The topological polar surface area (TPSA) is 25.8 Å². The molecule has 0 atom stereocenters. The van der Waals surface area contributed by atoms with Crippen LogP contribution in [0.1, 0.15) is 30.0 Å². The van der Waals surface area contributed by atoms with Crippen LogP contribution in [0.2, 0.25) is 0 Å². The Morgan fingerprint density at radius 3 is 2.81 bits per heavy atom. The molecule has 0 bridgehead atoms. The van der Waals surface area contributed by atoms with Crippen molar-refractivity contribution >= 4 is 10.9 Å². The molecule has 1 aliphatic carbocycles. The van der Waals surface area contributed by atoms with Crippen molar-refractivity contribution in [2.45, 2.75) is 32.6 Å². The molecule has 0 fully saturated rings. The van der Waals surface area contributed by atoms with Crippen LogP contribution >= 0.6 is 0 Å². The van der Waals surface area contributed by atoms with Gasteiger partial charge < -0.3 is 0 Å². The van der Waals surface area contributed by atoms with Gasteiger partial charge >= 0.3 is 0 Å². The van der Waals surface area contributed by atoms with Crippen molar-refractivity contribution in [1.82, 2.24) is 9.97 Å². The standard InChI is InChI=1S/C19H18N2/c1-2-13-12-18(17-8-3-4-11-20-17)21-19-15-7-5-6-14(15)9-10-16(13)19/h3-4,8-12H,2,5-7H2,1H3. The third-order valence-corrected chi connectivity index (χ3v) is 4.45. The Hall–Kier alpha value is -2.22. The fourth-order valence-electron chi connectivity index (χ4n) is 3.37. The number of hydrogen-bond acceptors (Lipinski definition) is 2. The normalized spacial score (nSPS) is 13.6. The number of aromatic nitrogens is 2. The SMILES string of the molecule is CCc1cc(-c2ccccn2)nc2c3c(ccc12)CCC3. The largest absolute Gasteiger partial charge is 0.255 e. The molecule has 0 saturated carbocycles. The van der Waals surface area contributed by atoms with E-state index < -0.39 is 0 Å². The summed E-state index contributed by atoms with van der Waals surface area (Å²) in [4.78, 5) is 9.43. The van der Waals surface area contributed by atoms with Gasteiger partial charge in [0.15, 0.2) is 0 Å². The van der Waals surface area contributed by atoms with Crippen molar-refractivity contribution in [2.75, 3.05) is 0 Å². The van der Waals surface area contributed by atoms with Crippen molar-refractivity contribution in [1.29, 1.82) is 0 Å². The smallest absolute Gasteiger partial charge is 0.0896 e. The van der Waals surface area contributed by atoms with Crippen molar-refractivity contribution in [2.24, 2.45) is 0 Å². The predicted octanol–water partition coefficient (Wildman–Crippen LogP) is 4.35. The summed E-state index contributed by atoms with van der Waals surface area (Å²) in [5.74, 6) is 0. The Labute approximate surface area is 124 Å². The first-order valence-corrected chi connectivity index (χ1v) is 7.72. The lowest BCUT2D eigenvalue weighted by atomic mass is 9.99. The molecule has 4 rings (SSSR count). The molecule has 1 aromatic carbocycles. The lowest BCUT2D eigenvalue weighted by Crippen LogP contribution is -1.96. The van der Waals surface area contributed by atoms with Crippen LogP contribution in [0, 0.1) is 0 Å². The summed E-state index contributed by atoms with van der Waals surface area (Å²) in [6.07, 6.45) is 6.47. The van der Waals surface area contributed by atoms with Gasteiger partial charge in [0.05, 0.1) is 16.9 Å². The molecule has 104 valence electrons. The van der Waals surface area contributed by atoms with Gasteiger partial charge in [0.1, 0.15) is 0 Å². The van der Waals surface area contributed by atoms with Gasteiger partial charge in [0.25, 0.3) is 0 Å². The van der Waals surface area contributed by atoms with E-state index in [1.165, 1.54) is 40.4 Å². The van der Waals surface area contributed by atoms with Crippen molar-refractivity contribution in [3.8, 4) is 11.4 Å². The maximum atomic E-state index is 4.96. The average molecular weight is 274 g/mol. The van der Waals surface area contributed by atoms with Gasteiger partial charge in [-0.3, -0.25) is 4.98 Å². The second kappa shape index (κ2) is 4.96. The zero-order chi connectivity index (χ0) is 14.2. The Kier molecular flexibility index (Phi) is 2.95. The molecule has 0 radical (unpaired) electrons. The second-order valence-electron chi connectivity index (χ2n) is 5.69. The number of rotatable bonds is 2. The average Bonchev–Trinajstić information content (AvgIpc) is 3.03. The highest BCUT2D eigenvalue weighted by Gasteiger charge is 2.17. The molecule has 0 spiro atoms. The van der Waals surface area contributed by atoms with E-state index in [1.54, 1.807) is 0 Å². The number of fused-ring (bicyclic) bond motifs is 3. The molecule has 0 N–H and O–H groups in total. The van der Waals surface area contributed by atoms with Crippen LogP contribution in [0.15, 0.2) is 42.6 Å². The number of aryl methyl sites for hydroxylation is 3. The Bertz CT molecular complexity index is 807. The highest BCUT2D eigenvalue weighted by molar-refractivity contribution is 5.88. The molecular weight excluding hydrogens is 256 g/mol. The minimum atomic E-state index is 0.963. The first-order chi connectivity index (χ1) is 10.4. The van der Waals surface area contributed by atoms with Crippen LogP contribution in [0.25, 0.3) is 22.3 Å². The van der Waals surface area contributed by atoms with Crippen LogP contribution < -0.4 is 0 Å². The highest BCUT2D eigenvalue weighted by Crippen LogP contribution is 2.32. The molecule has 2 heterocycles. The van der Waals surface area contributed by atoms with Gasteiger partial charge in [-0.2, -0.15) is 0 Å². The van der Waals surface area contributed by atoms with E-state index in [0.717, 1.165) is 24.2 Å². The predicted molar refractivity (Wildman–Crippen MR) is 86.4 cm³/mol. The molecule has 21 heavy (non-hydrogen) atoms. The quantitative estimate of drug-likeness (QED) is 0.694. The third-order valence-electron chi connectivity index (χ3n) is 4.45. The van der Waals surface area contributed by atoms with Crippen LogP contribution in [-0.4, -0.2) is 9.97 Å². The summed E-state index contributed by atoms with van der Waals surface area (Å²) in [5.41, 5.74) is 7.47. The lowest BCUT2D eigenvalue weighted by Gasteiger charge is -2.11. The van der Waals surface area contributed by atoms with Crippen molar-refractivity contribution < 1.29 is 0 Å². The van der Waals surface area contributed by atoms with Gasteiger partial charge in [-0.1, -0.05) is 25.1 Å². The zero-order valence-electron chi connectivity index (χ0n) is 12.3. The summed E-state index contributed by atoms with van der Waals surface area (Å²) in [7, 11) is 0. The van der Waals surface area contributed by atoms with Gasteiger partial charge in [-0.15, -0.1) is 0 Å². The maximum absolute atomic E-state index is 4.96. The Balaban J connectivity index is 2.02. The maximum Gasteiger partial charge on any atom is 0.0896 e. The van der Waals surface area contributed by atoms with Crippen LogP contribution in [-0.2, 0) is 19.3 Å². The number of nitrogens with zero attached hydrogens (tertiary/aromatic N) is 2. The lowest BCUT2D eigenvalue weighted by molar-refractivity contribution is 0.913. The minimum absolute atomic E-state index is 0.963. The molecule has 0 aliphatic heterocycles. The first kappa shape index (κ1) is 12.5. The molecule has 2 aromatic heterocycles. The van der Waals surface area contributed by atoms with E-state index in [4.69, 9.17) is 4.98 Å².